The molecular weight excluding hydrogens is 581 g/mol. The summed E-state index contributed by atoms with van der Waals surface area (Å²) in [6, 6.07) is 3.52. The Morgan fingerprint density at radius 3 is 2.66 bits per heavy atom. The molecule has 2 amide bonds. The summed E-state index contributed by atoms with van der Waals surface area (Å²) in [4.78, 5) is 42.2. The molecule has 2 N–H and O–H groups in total. The first-order chi connectivity index (χ1) is 19.4. The van der Waals surface area contributed by atoms with Crippen molar-refractivity contribution in [2.45, 2.75) is 39.4 Å². The first kappa shape index (κ1) is 31.4. The Bertz CT molecular complexity index is 1500. The van der Waals surface area contributed by atoms with Crippen LogP contribution in [0.15, 0.2) is 65.7 Å². The summed E-state index contributed by atoms with van der Waals surface area (Å²) < 4.78 is 44.5. The molecule has 0 aromatic carbocycles. The normalized spacial score (nSPS) is 13.3. The quantitative estimate of drug-likeness (QED) is 0.204. The molecule has 216 valence electrons. The van der Waals surface area contributed by atoms with E-state index in [-0.39, 0.29) is 10.7 Å². The molecule has 1 unspecified atom stereocenters. The molecule has 0 aliphatic rings. The highest BCUT2D eigenvalue weighted by atomic mass is 35.5. The Hall–Kier alpha value is -4.10. The van der Waals surface area contributed by atoms with Crippen LogP contribution in [0.3, 0.4) is 0 Å². The minimum atomic E-state index is -4.71. The van der Waals surface area contributed by atoms with Gasteiger partial charge in [0.25, 0.3) is 5.91 Å². The molecule has 0 saturated heterocycles. The van der Waals surface area contributed by atoms with E-state index in [1.807, 2.05) is 13.0 Å². The number of pyridine rings is 2. The molecule has 3 rings (SSSR count). The molecule has 3 aromatic heterocycles. The van der Waals surface area contributed by atoms with Crippen LogP contribution in [-0.4, -0.2) is 39.6 Å². The lowest BCUT2D eigenvalue weighted by atomic mass is 10.1. The van der Waals surface area contributed by atoms with E-state index in [2.05, 4.69) is 30.6 Å². The van der Waals surface area contributed by atoms with Gasteiger partial charge in [0.2, 0.25) is 11.8 Å². The Labute approximate surface area is 243 Å². The maximum atomic E-state index is 13.1. The van der Waals surface area contributed by atoms with Gasteiger partial charge in [-0.15, -0.1) is 11.3 Å². The fourth-order valence-electron chi connectivity index (χ4n) is 3.25. The SMILES string of the molecule is CC/C=C/N=C(\C=C(/C)C(=O)NC(C)c1ncc(C(=O)Nc2cc(C(F)(F)F)c(Cl)cn2)s1)c1ccnc(OC)c1. The smallest absolute Gasteiger partial charge is 0.418 e. The van der Waals surface area contributed by atoms with Crippen molar-refractivity contribution in [2.75, 3.05) is 12.4 Å². The Morgan fingerprint density at radius 2 is 1.98 bits per heavy atom. The number of aromatic nitrogens is 3. The number of hydrogen-bond donors (Lipinski definition) is 2. The van der Waals surface area contributed by atoms with Gasteiger partial charge in [0, 0.05) is 35.8 Å². The summed E-state index contributed by atoms with van der Waals surface area (Å²) in [5.41, 5.74) is 0.464. The van der Waals surface area contributed by atoms with Gasteiger partial charge in [-0.3, -0.25) is 14.6 Å². The van der Waals surface area contributed by atoms with E-state index in [0.717, 1.165) is 24.0 Å². The number of methoxy groups -OCH3 is 1. The highest BCUT2D eigenvalue weighted by molar-refractivity contribution is 7.13. The van der Waals surface area contributed by atoms with E-state index in [9.17, 15) is 22.8 Å². The van der Waals surface area contributed by atoms with Gasteiger partial charge in [-0.1, -0.05) is 24.6 Å². The fraction of sp³-hybridized carbons (Fsp3) is 0.259. The second kappa shape index (κ2) is 14.0. The highest BCUT2D eigenvalue weighted by Crippen LogP contribution is 2.35. The van der Waals surface area contributed by atoms with Crippen LogP contribution < -0.4 is 15.4 Å². The van der Waals surface area contributed by atoms with Crippen LogP contribution in [-0.2, 0) is 11.0 Å². The van der Waals surface area contributed by atoms with Gasteiger partial charge in [0.15, 0.2) is 0 Å². The zero-order chi connectivity index (χ0) is 30.2. The average molecular weight is 607 g/mol. The van der Waals surface area contributed by atoms with Crippen molar-refractivity contribution >= 4 is 46.3 Å². The lowest BCUT2D eigenvalue weighted by Crippen LogP contribution is -2.27. The molecule has 0 bridgehead atoms. The number of nitrogens with zero attached hydrogens (tertiary/aromatic N) is 4. The van der Waals surface area contributed by atoms with Gasteiger partial charge in [0.1, 0.15) is 15.7 Å². The maximum absolute atomic E-state index is 13.1. The number of nitrogens with one attached hydrogen (secondary N) is 2. The molecule has 14 heteroatoms. The standard InChI is InChI=1S/C27H26ClF3N6O3S/c1-5-6-8-32-20(17-7-9-33-23(11-17)40-4)10-15(2)24(38)36-16(3)26-35-14-21(41-26)25(39)37-22-12-18(27(29,30)31)19(28)13-34-22/h6-14,16H,5H2,1-4H3,(H,36,38)(H,34,37,39)/b8-6+,15-10+,32-20+. The zero-order valence-corrected chi connectivity index (χ0v) is 24.0. The van der Waals surface area contributed by atoms with Gasteiger partial charge in [-0.05, 0) is 38.5 Å². The molecule has 0 saturated carbocycles. The molecule has 0 spiro atoms. The number of hydrogen-bond acceptors (Lipinski definition) is 8. The van der Waals surface area contributed by atoms with Crippen LogP contribution in [0.1, 0.15) is 59.0 Å². The number of carbonyl (C=O) groups excluding carboxylic acids is 2. The predicted molar refractivity (Wildman–Crippen MR) is 151 cm³/mol. The number of ether oxygens (including phenoxy) is 1. The van der Waals surface area contributed by atoms with Gasteiger partial charge in [-0.2, -0.15) is 13.2 Å². The number of allylic oxidation sites excluding steroid dienone is 2. The van der Waals surface area contributed by atoms with Crippen LogP contribution in [0.4, 0.5) is 19.0 Å². The molecule has 41 heavy (non-hydrogen) atoms. The summed E-state index contributed by atoms with van der Waals surface area (Å²) >= 11 is 6.55. The summed E-state index contributed by atoms with van der Waals surface area (Å²) in [6.07, 6.45) is 4.89. The third kappa shape index (κ3) is 8.69. The second-order valence-corrected chi connectivity index (χ2v) is 9.95. The molecular formula is C27H26ClF3N6O3S. The number of carbonyl (C=O) groups is 2. The monoisotopic (exact) mass is 606 g/mol. The molecule has 9 nitrogen and oxygen atoms in total. The van der Waals surface area contributed by atoms with E-state index in [1.54, 1.807) is 44.5 Å². The van der Waals surface area contributed by atoms with Gasteiger partial charge in [-0.25, -0.2) is 15.0 Å². The van der Waals surface area contributed by atoms with Crippen molar-refractivity contribution < 1.29 is 27.5 Å². The lowest BCUT2D eigenvalue weighted by Gasteiger charge is -2.12. The Morgan fingerprint density at radius 1 is 1.22 bits per heavy atom. The number of amides is 2. The number of anilines is 1. The minimum Gasteiger partial charge on any atom is -0.481 e. The van der Waals surface area contributed by atoms with Crippen molar-refractivity contribution in [1.82, 2.24) is 20.3 Å². The van der Waals surface area contributed by atoms with Gasteiger partial charge >= 0.3 is 6.18 Å². The summed E-state index contributed by atoms with van der Waals surface area (Å²) in [7, 11) is 1.50. The number of halogens is 4. The number of rotatable bonds is 10. The topological polar surface area (TPSA) is 118 Å². The maximum Gasteiger partial charge on any atom is 0.418 e. The Kier molecular flexibility index (Phi) is 10.7. The van der Waals surface area contributed by atoms with Crippen molar-refractivity contribution in [1.29, 1.82) is 0 Å². The third-order valence-corrected chi connectivity index (χ3v) is 6.85. The Balaban J connectivity index is 1.72. The summed E-state index contributed by atoms with van der Waals surface area (Å²) in [6.45, 7) is 5.30. The minimum absolute atomic E-state index is 0.113. The van der Waals surface area contributed by atoms with E-state index in [1.165, 1.54) is 13.3 Å². The van der Waals surface area contributed by atoms with E-state index in [0.29, 0.717) is 33.8 Å². The molecule has 3 heterocycles. The van der Waals surface area contributed by atoms with Crippen LogP contribution in [0, 0.1) is 0 Å². The number of alkyl halides is 3. The summed E-state index contributed by atoms with van der Waals surface area (Å²) in [5.74, 6) is -1.02. The van der Waals surface area contributed by atoms with E-state index < -0.39 is 34.6 Å². The second-order valence-electron chi connectivity index (χ2n) is 8.48. The number of aliphatic imine (C=N–C) groups is 1. The fourth-order valence-corrected chi connectivity index (χ4v) is 4.28. The molecule has 0 fully saturated rings. The largest absolute Gasteiger partial charge is 0.481 e. The first-order valence-electron chi connectivity index (χ1n) is 12.1. The molecule has 0 aliphatic heterocycles. The molecule has 0 radical (unpaired) electrons. The van der Waals surface area contributed by atoms with E-state index >= 15 is 0 Å². The molecule has 1 atom stereocenters. The van der Waals surface area contributed by atoms with Crippen molar-refractivity contribution in [3.63, 3.8) is 0 Å². The van der Waals surface area contributed by atoms with Crippen LogP contribution in [0.25, 0.3) is 0 Å². The van der Waals surface area contributed by atoms with Crippen molar-refractivity contribution in [2.24, 2.45) is 4.99 Å². The van der Waals surface area contributed by atoms with Gasteiger partial charge < -0.3 is 15.4 Å². The molecule has 3 aromatic rings. The van der Waals surface area contributed by atoms with E-state index in [4.69, 9.17) is 16.3 Å². The highest BCUT2D eigenvalue weighted by Gasteiger charge is 2.34. The van der Waals surface area contributed by atoms with Crippen LogP contribution in [0.5, 0.6) is 5.88 Å². The van der Waals surface area contributed by atoms with Gasteiger partial charge in [0.05, 0.1) is 35.6 Å². The zero-order valence-electron chi connectivity index (χ0n) is 22.4. The average Bonchev–Trinajstić information content (AvgIpc) is 3.44. The van der Waals surface area contributed by atoms with Crippen LogP contribution in [0.2, 0.25) is 5.02 Å². The first-order valence-corrected chi connectivity index (χ1v) is 13.3. The number of thiazole rings is 1. The molecule has 0 aliphatic carbocycles. The predicted octanol–water partition coefficient (Wildman–Crippen LogP) is 6.40. The van der Waals surface area contributed by atoms with Crippen LogP contribution >= 0.6 is 22.9 Å². The van der Waals surface area contributed by atoms with Crippen molar-refractivity contribution in [3.05, 3.63) is 86.7 Å². The van der Waals surface area contributed by atoms with Crippen molar-refractivity contribution in [3.8, 4) is 5.88 Å². The lowest BCUT2D eigenvalue weighted by molar-refractivity contribution is -0.137. The summed E-state index contributed by atoms with van der Waals surface area (Å²) in [5, 5.41) is 4.96. The third-order valence-electron chi connectivity index (χ3n) is 5.37.